The highest BCUT2D eigenvalue weighted by Gasteiger charge is 2.15. The molecule has 8 nitrogen and oxygen atoms in total. The lowest BCUT2D eigenvalue weighted by Gasteiger charge is -2.11. The highest BCUT2D eigenvalue weighted by molar-refractivity contribution is 6.02. The summed E-state index contributed by atoms with van der Waals surface area (Å²) < 4.78 is 7.31. The first kappa shape index (κ1) is 20.3. The summed E-state index contributed by atoms with van der Waals surface area (Å²) in [5.74, 6) is 0.690. The third-order valence-electron chi connectivity index (χ3n) is 5.26. The second kappa shape index (κ2) is 8.06. The van der Waals surface area contributed by atoms with Gasteiger partial charge in [0, 0.05) is 17.5 Å². The zero-order chi connectivity index (χ0) is 22.1. The summed E-state index contributed by atoms with van der Waals surface area (Å²) >= 11 is 0. The monoisotopic (exact) mass is 417 g/mol. The third-order valence-corrected chi connectivity index (χ3v) is 5.26. The molecule has 4 rings (SSSR count). The van der Waals surface area contributed by atoms with Crippen molar-refractivity contribution >= 4 is 33.8 Å². The Bertz CT molecular complexity index is 1330. The Hall–Kier alpha value is -3.94. The number of hydrogen-bond donors (Lipinski definition) is 2. The van der Waals surface area contributed by atoms with Crippen molar-refractivity contribution in [3.63, 3.8) is 0 Å². The molecular formula is C23H23N5O3. The lowest BCUT2D eigenvalue weighted by molar-refractivity contribution is 0.0846. The van der Waals surface area contributed by atoms with Crippen LogP contribution in [0.5, 0.6) is 5.75 Å². The lowest BCUT2D eigenvalue weighted by Crippen LogP contribution is -2.42. The number of nitrogens with zero attached hydrogens (tertiary/aromatic N) is 3. The Balaban J connectivity index is 1.52. The number of aromatic nitrogens is 3. The van der Waals surface area contributed by atoms with Gasteiger partial charge in [0.1, 0.15) is 11.6 Å². The second-order valence-corrected chi connectivity index (χ2v) is 7.19. The van der Waals surface area contributed by atoms with Crippen LogP contribution in [0.3, 0.4) is 0 Å². The number of carbonyl (C=O) groups excluding carboxylic acids is 2. The van der Waals surface area contributed by atoms with Crippen LogP contribution < -0.4 is 15.6 Å². The number of amides is 2. The number of rotatable bonds is 4. The van der Waals surface area contributed by atoms with E-state index in [0.29, 0.717) is 22.6 Å². The molecule has 2 heterocycles. The number of aryl methyl sites for hydroxylation is 3. The molecule has 0 saturated heterocycles. The van der Waals surface area contributed by atoms with E-state index in [1.807, 2.05) is 38.1 Å². The number of ether oxygens (including phenoxy) is 1. The van der Waals surface area contributed by atoms with Gasteiger partial charge in [0.2, 0.25) is 0 Å². The molecule has 2 N–H and O–H groups in total. The maximum atomic E-state index is 12.7. The minimum Gasteiger partial charge on any atom is -0.497 e. The van der Waals surface area contributed by atoms with Crippen molar-refractivity contribution in [2.75, 3.05) is 7.11 Å². The minimum absolute atomic E-state index is 0.369. The average molecular weight is 417 g/mol. The maximum Gasteiger partial charge on any atom is 0.271 e. The molecule has 0 bridgehead atoms. The topological polar surface area (TPSA) is 98.1 Å². The summed E-state index contributed by atoms with van der Waals surface area (Å²) in [4.78, 5) is 34.2. The van der Waals surface area contributed by atoms with Crippen molar-refractivity contribution in [1.29, 1.82) is 0 Å². The van der Waals surface area contributed by atoms with E-state index in [0.717, 1.165) is 34.3 Å². The van der Waals surface area contributed by atoms with Crippen molar-refractivity contribution in [3.8, 4) is 5.75 Å². The predicted octanol–water partition coefficient (Wildman–Crippen LogP) is 3.30. The van der Waals surface area contributed by atoms with Gasteiger partial charge in [0.05, 0.1) is 34.9 Å². The van der Waals surface area contributed by atoms with E-state index < -0.39 is 11.8 Å². The zero-order valence-corrected chi connectivity index (χ0v) is 17.8. The van der Waals surface area contributed by atoms with Gasteiger partial charge in [-0.1, -0.05) is 0 Å². The van der Waals surface area contributed by atoms with Crippen molar-refractivity contribution in [2.45, 2.75) is 27.3 Å². The number of benzene rings is 2. The molecule has 0 saturated carbocycles. The van der Waals surface area contributed by atoms with E-state index in [9.17, 15) is 9.59 Å². The molecule has 0 atom stereocenters. The van der Waals surface area contributed by atoms with Gasteiger partial charge in [-0.3, -0.25) is 25.4 Å². The molecule has 0 aliphatic rings. The van der Waals surface area contributed by atoms with Crippen LogP contribution in [0.4, 0.5) is 0 Å². The van der Waals surface area contributed by atoms with Crippen LogP contribution in [0.25, 0.3) is 21.9 Å². The van der Waals surface area contributed by atoms with Gasteiger partial charge in [-0.05, 0) is 63.2 Å². The molecule has 0 fully saturated rings. The third kappa shape index (κ3) is 3.79. The summed E-state index contributed by atoms with van der Waals surface area (Å²) in [6.07, 6.45) is 0. The first-order valence-corrected chi connectivity index (χ1v) is 9.94. The molecule has 0 radical (unpaired) electrons. The molecule has 8 heteroatoms. The first-order chi connectivity index (χ1) is 14.9. The minimum atomic E-state index is -0.449. The summed E-state index contributed by atoms with van der Waals surface area (Å²) in [5, 5.41) is 0.772. The van der Waals surface area contributed by atoms with Gasteiger partial charge in [-0.15, -0.1) is 0 Å². The quantitative estimate of drug-likeness (QED) is 0.497. The lowest BCUT2D eigenvalue weighted by atomic mass is 10.1. The van der Waals surface area contributed by atoms with Crippen LogP contribution in [0.2, 0.25) is 0 Å². The van der Waals surface area contributed by atoms with E-state index in [4.69, 9.17) is 4.74 Å². The normalized spacial score (nSPS) is 11.0. The van der Waals surface area contributed by atoms with Crippen molar-refractivity contribution < 1.29 is 14.3 Å². The molecule has 0 aliphatic heterocycles. The van der Waals surface area contributed by atoms with Crippen LogP contribution in [-0.4, -0.2) is 33.5 Å². The van der Waals surface area contributed by atoms with Gasteiger partial charge in [0.25, 0.3) is 11.8 Å². The Kier molecular flexibility index (Phi) is 5.29. The number of hydrazine groups is 1. The Morgan fingerprint density at radius 2 is 1.74 bits per heavy atom. The maximum absolute atomic E-state index is 12.7. The van der Waals surface area contributed by atoms with Gasteiger partial charge >= 0.3 is 0 Å². The number of hydrogen-bond acceptors (Lipinski definition) is 5. The molecule has 2 aromatic carbocycles. The molecule has 158 valence electrons. The predicted molar refractivity (Wildman–Crippen MR) is 118 cm³/mol. The molecule has 2 amide bonds. The smallest absolute Gasteiger partial charge is 0.271 e. The number of imidazole rings is 1. The molecular weight excluding hydrogens is 394 g/mol. The molecule has 4 aromatic rings. The van der Waals surface area contributed by atoms with Crippen LogP contribution in [0, 0.1) is 13.8 Å². The molecule has 0 unspecified atom stereocenters. The standard InChI is InChI=1S/C23H23N5O3/c1-5-28-14(3)25-20-12-15(6-9-21(20)28)22(29)26-27-23(30)18-11-16-10-17(31-4)7-8-19(16)24-13(18)2/h6-12H,5H2,1-4H3,(H,26,29)(H,27,30). The van der Waals surface area contributed by atoms with Crippen LogP contribution in [0.1, 0.15) is 39.2 Å². The highest BCUT2D eigenvalue weighted by atomic mass is 16.5. The van der Waals surface area contributed by atoms with Gasteiger partial charge in [0.15, 0.2) is 0 Å². The molecule has 2 aromatic heterocycles. The number of carbonyl (C=O) groups is 2. The summed E-state index contributed by atoms with van der Waals surface area (Å²) in [5.41, 5.74) is 8.74. The average Bonchev–Trinajstić information content (AvgIpc) is 3.10. The van der Waals surface area contributed by atoms with Crippen LogP contribution in [0.15, 0.2) is 42.5 Å². The van der Waals surface area contributed by atoms with Crippen molar-refractivity contribution in [1.82, 2.24) is 25.4 Å². The van der Waals surface area contributed by atoms with Gasteiger partial charge in [-0.2, -0.15) is 0 Å². The fourth-order valence-electron chi connectivity index (χ4n) is 3.65. The number of pyridine rings is 1. The number of methoxy groups -OCH3 is 1. The second-order valence-electron chi connectivity index (χ2n) is 7.19. The summed E-state index contributed by atoms with van der Waals surface area (Å²) in [7, 11) is 1.58. The summed E-state index contributed by atoms with van der Waals surface area (Å²) in [6.45, 7) is 6.53. The van der Waals surface area contributed by atoms with E-state index in [2.05, 4.69) is 25.4 Å². The van der Waals surface area contributed by atoms with E-state index in [1.54, 1.807) is 32.2 Å². The molecule has 31 heavy (non-hydrogen) atoms. The fourth-order valence-corrected chi connectivity index (χ4v) is 3.65. The largest absolute Gasteiger partial charge is 0.497 e. The van der Waals surface area contributed by atoms with E-state index in [1.165, 1.54) is 0 Å². The van der Waals surface area contributed by atoms with Crippen molar-refractivity contribution in [2.24, 2.45) is 0 Å². The highest BCUT2D eigenvalue weighted by Crippen LogP contribution is 2.22. The Labute approximate surface area is 179 Å². The SMILES string of the molecule is CCn1c(C)nc2cc(C(=O)NNC(=O)c3cc4cc(OC)ccc4nc3C)ccc21. The number of fused-ring (bicyclic) bond motifs is 2. The zero-order valence-electron chi connectivity index (χ0n) is 17.8. The van der Waals surface area contributed by atoms with Crippen LogP contribution in [-0.2, 0) is 6.54 Å². The fraction of sp³-hybridized carbons (Fsp3) is 0.217. The van der Waals surface area contributed by atoms with Crippen molar-refractivity contribution in [3.05, 3.63) is 65.1 Å². The number of nitrogens with one attached hydrogen (secondary N) is 2. The van der Waals surface area contributed by atoms with E-state index in [-0.39, 0.29) is 0 Å². The Morgan fingerprint density at radius 3 is 2.48 bits per heavy atom. The first-order valence-electron chi connectivity index (χ1n) is 9.94. The summed E-state index contributed by atoms with van der Waals surface area (Å²) in [6, 6.07) is 12.5. The van der Waals surface area contributed by atoms with Gasteiger partial charge in [-0.25, -0.2) is 4.98 Å². The van der Waals surface area contributed by atoms with E-state index >= 15 is 0 Å². The molecule has 0 aliphatic carbocycles. The Morgan fingerprint density at radius 1 is 0.968 bits per heavy atom. The van der Waals surface area contributed by atoms with Gasteiger partial charge < -0.3 is 9.30 Å². The van der Waals surface area contributed by atoms with Crippen LogP contribution >= 0.6 is 0 Å². The molecule has 0 spiro atoms.